The van der Waals surface area contributed by atoms with E-state index in [-0.39, 0.29) is 11.5 Å². The molecule has 0 fully saturated rings. The van der Waals surface area contributed by atoms with Gasteiger partial charge in [-0.1, -0.05) is 12.1 Å². The van der Waals surface area contributed by atoms with Gasteiger partial charge in [0.2, 0.25) is 0 Å². The topological polar surface area (TPSA) is 52.3 Å². The van der Waals surface area contributed by atoms with E-state index in [4.69, 9.17) is 5.73 Å². The highest BCUT2D eigenvalue weighted by molar-refractivity contribution is 7.84. The van der Waals surface area contributed by atoms with E-state index in [0.29, 0.717) is 17.9 Å². The molecule has 0 saturated carbocycles. The molecule has 0 spiro atoms. The van der Waals surface area contributed by atoms with Crippen LogP contribution in [0.15, 0.2) is 24.3 Å². The lowest BCUT2D eigenvalue weighted by Gasteiger charge is -2.09. The first-order chi connectivity index (χ1) is 7.90. The van der Waals surface area contributed by atoms with Crippen LogP contribution in [0.4, 0.5) is 13.2 Å². The summed E-state index contributed by atoms with van der Waals surface area (Å²) in [6.45, 7) is 0.321. The predicted octanol–water partition coefficient (Wildman–Crippen LogP) is 1.79. The van der Waals surface area contributed by atoms with Gasteiger partial charge in [-0.15, -0.1) is 13.2 Å². The van der Waals surface area contributed by atoms with E-state index >= 15 is 0 Å². The molecule has 0 amide bonds. The summed E-state index contributed by atoms with van der Waals surface area (Å²) in [5.74, 6) is 0.371. The average Bonchev–Trinajstić information content (AvgIpc) is 2.19. The summed E-state index contributed by atoms with van der Waals surface area (Å²) >= 11 is 0. The van der Waals surface area contributed by atoms with Gasteiger partial charge < -0.3 is 10.5 Å². The number of rotatable bonds is 5. The minimum Gasteiger partial charge on any atom is -0.406 e. The monoisotopic (exact) mass is 267 g/mol. The van der Waals surface area contributed by atoms with Gasteiger partial charge in [0.15, 0.2) is 0 Å². The first-order valence-electron chi connectivity index (χ1n) is 4.80. The molecule has 0 aromatic heterocycles. The zero-order valence-electron chi connectivity index (χ0n) is 8.87. The fourth-order valence-corrected chi connectivity index (χ4v) is 2.15. The zero-order valence-corrected chi connectivity index (χ0v) is 9.68. The van der Waals surface area contributed by atoms with E-state index < -0.39 is 17.2 Å². The van der Waals surface area contributed by atoms with Gasteiger partial charge in [-0.3, -0.25) is 4.21 Å². The molecule has 1 aromatic carbocycles. The van der Waals surface area contributed by atoms with Crippen molar-refractivity contribution in [3.63, 3.8) is 0 Å². The normalized spacial score (nSPS) is 13.4. The van der Waals surface area contributed by atoms with Crippen LogP contribution in [0.1, 0.15) is 5.56 Å². The molecule has 0 saturated heterocycles. The van der Waals surface area contributed by atoms with Crippen molar-refractivity contribution in [2.45, 2.75) is 12.1 Å². The van der Waals surface area contributed by atoms with Gasteiger partial charge in [-0.25, -0.2) is 0 Å². The summed E-state index contributed by atoms with van der Waals surface area (Å²) in [4.78, 5) is 0. The van der Waals surface area contributed by atoms with Crippen molar-refractivity contribution in [1.82, 2.24) is 0 Å². The first-order valence-corrected chi connectivity index (χ1v) is 6.29. The number of alkyl halides is 3. The van der Waals surface area contributed by atoms with E-state index in [1.807, 2.05) is 0 Å². The van der Waals surface area contributed by atoms with Gasteiger partial charge in [0.1, 0.15) is 5.75 Å². The van der Waals surface area contributed by atoms with Crippen LogP contribution in [0.3, 0.4) is 0 Å². The molecule has 1 atom stereocenters. The quantitative estimate of drug-likeness (QED) is 0.885. The van der Waals surface area contributed by atoms with Crippen molar-refractivity contribution in [1.29, 1.82) is 0 Å². The van der Waals surface area contributed by atoms with Crippen LogP contribution in [-0.2, 0) is 16.6 Å². The molecule has 0 aliphatic carbocycles. The molecular weight excluding hydrogens is 255 g/mol. The second-order valence-corrected chi connectivity index (χ2v) is 4.85. The molecular formula is C10H12F3NO2S. The third-order valence-corrected chi connectivity index (χ3v) is 3.18. The Kier molecular flexibility index (Phi) is 4.95. The number of benzene rings is 1. The highest BCUT2D eigenvalue weighted by Gasteiger charge is 2.30. The molecule has 0 aliphatic heterocycles. The number of hydrogen-bond acceptors (Lipinski definition) is 3. The Hall–Kier alpha value is -1.08. The molecule has 1 aromatic rings. The minimum absolute atomic E-state index is 0.281. The largest absolute Gasteiger partial charge is 0.573 e. The third kappa shape index (κ3) is 5.69. The second kappa shape index (κ2) is 6.02. The second-order valence-electron chi connectivity index (χ2n) is 3.27. The highest BCUT2D eigenvalue weighted by atomic mass is 32.2. The fraction of sp³-hybridized carbons (Fsp3) is 0.400. The van der Waals surface area contributed by atoms with Crippen LogP contribution >= 0.6 is 0 Å². The SMILES string of the molecule is NCCS(=O)Cc1ccc(OC(F)(F)F)cc1. The van der Waals surface area contributed by atoms with Crippen molar-refractivity contribution in [2.24, 2.45) is 5.73 Å². The predicted molar refractivity (Wildman–Crippen MR) is 58.9 cm³/mol. The maximum atomic E-state index is 11.9. The lowest BCUT2D eigenvalue weighted by Crippen LogP contribution is -2.17. The van der Waals surface area contributed by atoms with Crippen LogP contribution in [0, 0.1) is 0 Å². The third-order valence-electron chi connectivity index (χ3n) is 1.83. The van der Waals surface area contributed by atoms with Crippen LogP contribution in [-0.4, -0.2) is 22.9 Å². The van der Waals surface area contributed by atoms with Gasteiger partial charge >= 0.3 is 6.36 Å². The summed E-state index contributed by atoms with van der Waals surface area (Å²) in [5.41, 5.74) is 5.92. The standard InChI is InChI=1S/C10H12F3NO2S/c11-10(12,13)16-9-3-1-8(2-4-9)7-17(15)6-5-14/h1-4H,5-7,14H2. The van der Waals surface area contributed by atoms with Crippen molar-refractivity contribution >= 4 is 10.8 Å². The average molecular weight is 267 g/mol. The van der Waals surface area contributed by atoms with Gasteiger partial charge in [0, 0.05) is 28.9 Å². The fourth-order valence-electron chi connectivity index (χ4n) is 1.18. The van der Waals surface area contributed by atoms with Gasteiger partial charge in [0.05, 0.1) is 0 Å². The zero-order chi connectivity index (χ0) is 12.9. The molecule has 7 heteroatoms. The summed E-state index contributed by atoms with van der Waals surface area (Å²) in [5, 5.41) is 0. The highest BCUT2D eigenvalue weighted by Crippen LogP contribution is 2.22. The van der Waals surface area contributed by atoms with E-state index in [1.165, 1.54) is 24.3 Å². The van der Waals surface area contributed by atoms with Crippen molar-refractivity contribution in [3.8, 4) is 5.75 Å². The summed E-state index contributed by atoms with van der Waals surface area (Å²) in [6.07, 6.45) is -4.69. The van der Waals surface area contributed by atoms with E-state index in [2.05, 4.69) is 4.74 Å². The number of ether oxygens (including phenoxy) is 1. The molecule has 96 valence electrons. The Morgan fingerprint density at radius 1 is 1.24 bits per heavy atom. The van der Waals surface area contributed by atoms with Crippen molar-refractivity contribution in [3.05, 3.63) is 29.8 Å². The van der Waals surface area contributed by atoms with Crippen molar-refractivity contribution in [2.75, 3.05) is 12.3 Å². The Bertz CT molecular complexity index is 378. The summed E-state index contributed by atoms with van der Waals surface area (Å²) in [6, 6.07) is 5.30. The van der Waals surface area contributed by atoms with Crippen LogP contribution < -0.4 is 10.5 Å². The molecule has 0 aliphatic rings. The number of halogens is 3. The molecule has 17 heavy (non-hydrogen) atoms. The molecule has 3 nitrogen and oxygen atoms in total. The van der Waals surface area contributed by atoms with Crippen molar-refractivity contribution < 1.29 is 22.1 Å². The van der Waals surface area contributed by atoms with Crippen LogP contribution in [0.25, 0.3) is 0 Å². The lowest BCUT2D eigenvalue weighted by molar-refractivity contribution is -0.274. The van der Waals surface area contributed by atoms with E-state index in [1.54, 1.807) is 0 Å². The Morgan fingerprint density at radius 2 is 1.82 bits per heavy atom. The molecule has 2 N–H and O–H groups in total. The maximum absolute atomic E-state index is 11.9. The molecule has 0 heterocycles. The maximum Gasteiger partial charge on any atom is 0.573 e. The Labute approximate surface area is 99.2 Å². The molecule has 1 rings (SSSR count). The van der Waals surface area contributed by atoms with Gasteiger partial charge in [-0.05, 0) is 17.7 Å². The van der Waals surface area contributed by atoms with Gasteiger partial charge in [0.25, 0.3) is 0 Å². The lowest BCUT2D eigenvalue weighted by atomic mass is 10.2. The van der Waals surface area contributed by atoms with Crippen LogP contribution in [0.2, 0.25) is 0 Å². The van der Waals surface area contributed by atoms with Gasteiger partial charge in [-0.2, -0.15) is 0 Å². The number of hydrogen-bond donors (Lipinski definition) is 1. The van der Waals surface area contributed by atoms with E-state index in [9.17, 15) is 17.4 Å². The Morgan fingerprint density at radius 3 is 2.29 bits per heavy atom. The molecule has 0 radical (unpaired) electrons. The smallest absolute Gasteiger partial charge is 0.406 e. The Balaban J connectivity index is 2.59. The minimum atomic E-state index is -4.69. The van der Waals surface area contributed by atoms with E-state index in [0.717, 1.165) is 0 Å². The summed E-state index contributed by atoms with van der Waals surface area (Å²) in [7, 11) is -1.08. The number of nitrogens with two attached hydrogens (primary N) is 1. The summed E-state index contributed by atoms with van der Waals surface area (Å²) < 4.78 is 50.7. The van der Waals surface area contributed by atoms with Crippen LogP contribution in [0.5, 0.6) is 5.75 Å². The first kappa shape index (κ1) is 14.0. The molecule has 1 unspecified atom stereocenters. The molecule has 0 bridgehead atoms.